The minimum Gasteiger partial charge on any atom is -0.369 e. The number of anilines is 2. The Morgan fingerprint density at radius 1 is 0.939 bits per heavy atom. The maximum absolute atomic E-state index is 13.3. The maximum Gasteiger partial charge on any atom is 0.279 e. The van der Waals surface area contributed by atoms with Crippen molar-refractivity contribution in [3.8, 4) is 5.69 Å². The molecule has 0 atom stereocenters. The molecule has 1 aliphatic rings. The normalized spacial score (nSPS) is 13.8. The zero-order chi connectivity index (χ0) is 22.8. The number of benzene rings is 3. The summed E-state index contributed by atoms with van der Waals surface area (Å²) < 4.78 is 1.27. The van der Waals surface area contributed by atoms with Crippen molar-refractivity contribution in [3.05, 3.63) is 93.9 Å². The van der Waals surface area contributed by atoms with E-state index in [0.29, 0.717) is 27.2 Å². The number of nitrogens with zero attached hydrogens (tertiary/aromatic N) is 3. The fraction of sp³-hybridized carbons (Fsp3) is 0.160. The molecule has 2 heterocycles. The molecule has 1 N–H and O–H groups in total. The lowest BCUT2D eigenvalue weighted by Crippen LogP contribution is -2.32. The third-order valence-corrected chi connectivity index (χ3v) is 6.82. The van der Waals surface area contributed by atoms with Crippen LogP contribution in [-0.4, -0.2) is 40.3 Å². The van der Waals surface area contributed by atoms with Gasteiger partial charge in [0.2, 0.25) is 0 Å². The Bertz CT molecular complexity index is 1380. The summed E-state index contributed by atoms with van der Waals surface area (Å²) >= 11 is 8.49. The minimum atomic E-state index is -0.408. The summed E-state index contributed by atoms with van der Waals surface area (Å²) in [5.74, 6) is 1.74. The summed E-state index contributed by atoms with van der Waals surface area (Å²) in [6.45, 7) is 1.90. The van der Waals surface area contributed by atoms with E-state index < -0.39 is 5.91 Å². The van der Waals surface area contributed by atoms with Gasteiger partial charge in [-0.15, -0.1) is 0 Å². The van der Waals surface area contributed by atoms with Crippen LogP contribution < -0.4 is 15.8 Å². The number of hydrogen-bond acceptors (Lipinski definition) is 5. The van der Waals surface area contributed by atoms with Crippen molar-refractivity contribution in [2.24, 2.45) is 0 Å². The smallest absolute Gasteiger partial charge is 0.279 e. The van der Waals surface area contributed by atoms with E-state index in [0.717, 1.165) is 30.3 Å². The first kappa shape index (κ1) is 21.6. The topological polar surface area (TPSA) is 67.2 Å². The van der Waals surface area contributed by atoms with E-state index in [-0.39, 0.29) is 11.3 Å². The van der Waals surface area contributed by atoms with E-state index in [1.807, 2.05) is 42.1 Å². The van der Waals surface area contributed by atoms with E-state index in [4.69, 9.17) is 11.6 Å². The van der Waals surface area contributed by atoms with Crippen LogP contribution in [0.4, 0.5) is 11.4 Å². The van der Waals surface area contributed by atoms with Crippen molar-refractivity contribution < 1.29 is 4.79 Å². The van der Waals surface area contributed by atoms with Crippen LogP contribution in [0, 0.1) is 0 Å². The standard InChI is InChI=1S/C25H21ClN4O2S/c26-21-16-17(10-11-22(21)29-12-14-33-15-13-29)27-24(31)23-19-8-4-5-9-20(19)25(32)30(28-23)18-6-2-1-3-7-18/h1-11,16H,12-15H2,(H,27,31). The highest BCUT2D eigenvalue weighted by Gasteiger charge is 2.19. The molecule has 5 rings (SSSR count). The third-order valence-electron chi connectivity index (χ3n) is 5.58. The fourth-order valence-electron chi connectivity index (χ4n) is 3.94. The molecular formula is C25H21ClN4O2S. The van der Waals surface area contributed by atoms with Crippen LogP contribution in [0.15, 0.2) is 77.6 Å². The van der Waals surface area contributed by atoms with Crippen LogP contribution in [-0.2, 0) is 0 Å². The Balaban J connectivity index is 1.50. The van der Waals surface area contributed by atoms with E-state index >= 15 is 0 Å². The summed E-state index contributed by atoms with van der Waals surface area (Å²) in [7, 11) is 0. The zero-order valence-corrected chi connectivity index (χ0v) is 19.3. The number of thioether (sulfide) groups is 1. The number of halogens is 1. The lowest BCUT2D eigenvalue weighted by atomic mass is 10.1. The number of amides is 1. The Labute approximate surface area is 200 Å². The van der Waals surface area contributed by atoms with Crippen molar-refractivity contribution in [1.29, 1.82) is 0 Å². The lowest BCUT2D eigenvalue weighted by molar-refractivity contribution is 0.102. The molecule has 0 saturated carbocycles. The molecular weight excluding hydrogens is 456 g/mol. The van der Waals surface area contributed by atoms with Crippen LogP contribution in [0.5, 0.6) is 0 Å². The van der Waals surface area contributed by atoms with Crippen LogP contribution >= 0.6 is 23.4 Å². The molecule has 4 aromatic rings. The van der Waals surface area contributed by atoms with Gasteiger partial charge in [-0.2, -0.15) is 21.5 Å². The van der Waals surface area contributed by atoms with Gasteiger partial charge in [-0.25, -0.2) is 0 Å². The van der Waals surface area contributed by atoms with Gasteiger partial charge in [0.15, 0.2) is 5.69 Å². The predicted octanol–water partition coefficient (Wildman–Crippen LogP) is 4.84. The molecule has 1 fully saturated rings. The number of aromatic nitrogens is 2. The molecule has 0 aliphatic carbocycles. The van der Waals surface area contributed by atoms with Gasteiger partial charge in [0, 0.05) is 35.7 Å². The number of carbonyl (C=O) groups excluding carboxylic acids is 1. The number of para-hydroxylation sites is 1. The molecule has 1 saturated heterocycles. The van der Waals surface area contributed by atoms with Crippen molar-refractivity contribution in [2.45, 2.75) is 0 Å². The second-order valence-corrected chi connectivity index (χ2v) is 9.30. The van der Waals surface area contributed by atoms with E-state index in [1.54, 1.807) is 42.5 Å². The zero-order valence-electron chi connectivity index (χ0n) is 17.7. The van der Waals surface area contributed by atoms with Crippen molar-refractivity contribution in [3.63, 3.8) is 0 Å². The van der Waals surface area contributed by atoms with Gasteiger partial charge in [-0.05, 0) is 36.4 Å². The summed E-state index contributed by atoms with van der Waals surface area (Å²) in [6.07, 6.45) is 0. The van der Waals surface area contributed by atoms with Crippen molar-refractivity contribution in [1.82, 2.24) is 9.78 Å². The first-order valence-electron chi connectivity index (χ1n) is 10.6. The first-order valence-corrected chi connectivity index (χ1v) is 12.2. The van der Waals surface area contributed by atoms with E-state index in [9.17, 15) is 9.59 Å². The molecule has 1 aliphatic heterocycles. The Morgan fingerprint density at radius 3 is 2.36 bits per heavy atom. The fourth-order valence-corrected chi connectivity index (χ4v) is 5.14. The van der Waals surface area contributed by atoms with Crippen molar-refractivity contribution in [2.75, 3.05) is 34.8 Å². The number of nitrogens with one attached hydrogen (secondary N) is 1. The summed E-state index contributed by atoms with van der Waals surface area (Å²) in [6, 6.07) is 21.6. The SMILES string of the molecule is O=C(Nc1ccc(N2CCSCC2)c(Cl)c1)c1nn(-c2ccccc2)c(=O)c2ccccc12. The molecule has 6 nitrogen and oxygen atoms in total. The molecule has 1 aromatic heterocycles. The average Bonchev–Trinajstić information content (AvgIpc) is 2.85. The lowest BCUT2D eigenvalue weighted by Gasteiger charge is -2.29. The average molecular weight is 477 g/mol. The molecule has 1 amide bonds. The predicted molar refractivity (Wildman–Crippen MR) is 136 cm³/mol. The van der Waals surface area contributed by atoms with Crippen LogP contribution in [0.25, 0.3) is 16.5 Å². The molecule has 8 heteroatoms. The van der Waals surface area contributed by atoms with Gasteiger partial charge in [-0.3, -0.25) is 9.59 Å². The molecule has 166 valence electrons. The quantitative estimate of drug-likeness (QED) is 0.456. The highest BCUT2D eigenvalue weighted by molar-refractivity contribution is 7.99. The monoisotopic (exact) mass is 476 g/mol. The van der Waals surface area contributed by atoms with Gasteiger partial charge in [0.05, 0.1) is 21.8 Å². The number of rotatable bonds is 4. The Kier molecular flexibility index (Phi) is 6.07. The minimum absolute atomic E-state index is 0.169. The number of hydrogen-bond donors (Lipinski definition) is 1. The molecule has 0 bridgehead atoms. The third kappa shape index (κ3) is 4.34. The highest BCUT2D eigenvalue weighted by atomic mass is 35.5. The summed E-state index contributed by atoms with van der Waals surface area (Å²) in [4.78, 5) is 28.6. The number of fused-ring (bicyclic) bond motifs is 1. The maximum atomic E-state index is 13.3. The molecule has 0 spiro atoms. The molecule has 0 unspecified atom stereocenters. The summed E-state index contributed by atoms with van der Waals surface area (Å²) in [5, 5.41) is 8.84. The second kappa shape index (κ2) is 9.29. The molecule has 33 heavy (non-hydrogen) atoms. The van der Waals surface area contributed by atoms with Gasteiger partial charge >= 0.3 is 0 Å². The van der Waals surface area contributed by atoms with Crippen molar-refractivity contribution >= 4 is 51.4 Å². The van der Waals surface area contributed by atoms with Crippen LogP contribution in [0.2, 0.25) is 5.02 Å². The number of carbonyl (C=O) groups is 1. The van der Waals surface area contributed by atoms with Gasteiger partial charge in [0.25, 0.3) is 11.5 Å². The highest BCUT2D eigenvalue weighted by Crippen LogP contribution is 2.31. The largest absolute Gasteiger partial charge is 0.369 e. The van der Waals surface area contributed by atoms with Gasteiger partial charge in [0.1, 0.15) is 0 Å². The van der Waals surface area contributed by atoms with Gasteiger partial charge in [-0.1, -0.05) is 48.0 Å². The second-order valence-electron chi connectivity index (χ2n) is 7.67. The van der Waals surface area contributed by atoms with Gasteiger partial charge < -0.3 is 10.2 Å². The first-order chi connectivity index (χ1) is 16.1. The molecule has 3 aromatic carbocycles. The van der Waals surface area contributed by atoms with E-state index in [1.165, 1.54) is 4.68 Å². The Hall–Kier alpha value is -3.29. The van der Waals surface area contributed by atoms with Crippen LogP contribution in [0.3, 0.4) is 0 Å². The van der Waals surface area contributed by atoms with E-state index in [2.05, 4.69) is 15.3 Å². The summed E-state index contributed by atoms with van der Waals surface area (Å²) in [5.41, 5.74) is 2.02. The van der Waals surface area contributed by atoms with Crippen LogP contribution in [0.1, 0.15) is 10.5 Å². The molecule has 0 radical (unpaired) electrons. The Morgan fingerprint density at radius 2 is 1.64 bits per heavy atom.